The average molecular weight is 193 g/mol. The van der Waals surface area contributed by atoms with Crippen LogP contribution >= 0.6 is 0 Å². The van der Waals surface area contributed by atoms with Crippen molar-refractivity contribution in [3.8, 4) is 0 Å². The molecule has 0 N–H and O–H groups in total. The van der Waals surface area contributed by atoms with Crippen molar-refractivity contribution in [2.45, 2.75) is 32.7 Å². The molecule has 1 aliphatic rings. The molecule has 0 amide bonds. The molecule has 3 heteroatoms. The van der Waals surface area contributed by atoms with Crippen molar-refractivity contribution in [3.63, 3.8) is 0 Å². The zero-order valence-corrected chi connectivity index (χ0v) is 10.5. The van der Waals surface area contributed by atoms with Crippen molar-refractivity contribution in [2.75, 3.05) is 0 Å². The zero-order chi connectivity index (χ0) is 9.90. The molecule has 1 aliphatic heterocycles. The van der Waals surface area contributed by atoms with Crippen LogP contribution in [-0.2, 0) is 4.43 Å². The standard InChI is InChI=1S/C10H18BOSi/c1-8(2)10(3,4)13-12-9-6-5-7-11-9/h5,7-8,11H,13H2,1-4H3. The van der Waals surface area contributed by atoms with E-state index in [4.69, 9.17) is 4.43 Å². The van der Waals surface area contributed by atoms with Gasteiger partial charge in [0.15, 0.2) is 0 Å². The van der Waals surface area contributed by atoms with E-state index < -0.39 is 9.76 Å². The van der Waals surface area contributed by atoms with Crippen LogP contribution in [-0.4, -0.2) is 17.0 Å². The summed E-state index contributed by atoms with van der Waals surface area (Å²) in [6, 6.07) is 0. The fourth-order valence-corrected chi connectivity index (χ4v) is 2.00. The second kappa shape index (κ2) is 4.18. The predicted octanol–water partition coefficient (Wildman–Crippen LogP) is 1.55. The summed E-state index contributed by atoms with van der Waals surface area (Å²) >= 11 is 0. The monoisotopic (exact) mass is 193 g/mol. The van der Waals surface area contributed by atoms with Gasteiger partial charge in [-0.3, -0.25) is 0 Å². The van der Waals surface area contributed by atoms with Crippen LogP contribution in [0.3, 0.4) is 0 Å². The molecular weight excluding hydrogens is 175 g/mol. The first-order valence-corrected chi connectivity index (χ1v) is 6.21. The first-order chi connectivity index (χ1) is 6.02. The molecule has 0 aliphatic carbocycles. The summed E-state index contributed by atoms with van der Waals surface area (Å²) in [5, 5.41) is 0.386. The van der Waals surface area contributed by atoms with Gasteiger partial charge in [0.2, 0.25) is 17.0 Å². The van der Waals surface area contributed by atoms with Gasteiger partial charge in [-0.1, -0.05) is 33.8 Å². The second-order valence-corrected chi connectivity index (χ2v) is 7.01. The molecule has 0 atom stereocenters. The van der Waals surface area contributed by atoms with Gasteiger partial charge >= 0.3 is 0 Å². The molecule has 0 aromatic rings. The molecule has 1 rings (SSSR count). The molecule has 1 heterocycles. The molecular formula is C10H18BOSi. The smallest absolute Gasteiger partial charge is 0.227 e. The molecule has 0 unspecified atom stereocenters. The molecule has 0 fully saturated rings. The van der Waals surface area contributed by atoms with Gasteiger partial charge in [0.25, 0.3) is 0 Å². The molecule has 71 valence electrons. The Bertz CT molecular complexity index is 231. The predicted molar refractivity (Wildman–Crippen MR) is 61.6 cm³/mol. The van der Waals surface area contributed by atoms with Crippen LogP contribution in [0.2, 0.25) is 5.04 Å². The van der Waals surface area contributed by atoms with Gasteiger partial charge in [-0.25, -0.2) is 0 Å². The van der Waals surface area contributed by atoms with E-state index in [0.717, 1.165) is 12.9 Å². The third kappa shape index (κ3) is 3.07. The summed E-state index contributed by atoms with van der Waals surface area (Å²) < 4.78 is 5.81. The fourth-order valence-electron chi connectivity index (χ4n) is 0.917. The van der Waals surface area contributed by atoms with Gasteiger partial charge in [0.05, 0.1) is 0 Å². The lowest BCUT2D eigenvalue weighted by Crippen LogP contribution is -2.22. The van der Waals surface area contributed by atoms with Crippen LogP contribution in [0.4, 0.5) is 0 Å². The Hall–Kier alpha value is -0.438. The molecule has 0 saturated carbocycles. The van der Waals surface area contributed by atoms with E-state index in [1.165, 1.54) is 0 Å². The van der Waals surface area contributed by atoms with Gasteiger partial charge in [0, 0.05) is 11.7 Å². The van der Waals surface area contributed by atoms with Crippen molar-refractivity contribution in [3.05, 3.63) is 23.8 Å². The van der Waals surface area contributed by atoms with E-state index in [-0.39, 0.29) is 0 Å². The first-order valence-electron chi connectivity index (χ1n) is 4.92. The lowest BCUT2D eigenvalue weighted by Gasteiger charge is -2.28. The Morgan fingerprint density at radius 3 is 2.69 bits per heavy atom. The van der Waals surface area contributed by atoms with Crippen molar-refractivity contribution in [2.24, 2.45) is 5.92 Å². The Balaban J connectivity index is 2.33. The summed E-state index contributed by atoms with van der Waals surface area (Å²) in [4.78, 5) is 0. The SMILES string of the molecule is CC(C)C(C)(C)[SiH2]OC1=[C]C=CB1. The summed E-state index contributed by atoms with van der Waals surface area (Å²) in [6.45, 7) is 9.13. The van der Waals surface area contributed by atoms with Crippen LogP contribution in [0.15, 0.2) is 17.7 Å². The summed E-state index contributed by atoms with van der Waals surface area (Å²) in [5.41, 5.74) is 1.04. The minimum Gasteiger partial charge on any atom is -0.559 e. The topological polar surface area (TPSA) is 9.23 Å². The van der Waals surface area contributed by atoms with E-state index in [0.29, 0.717) is 11.0 Å². The number of allylic oxidation sites excluding steroid dienone is 2. The third-order valence-corrected chi connectivity index (χ3v) is 4.90. The largest absolute Gasteiger partial charge is 0.559 e. The van der Waals surface area contributed by atoms with Crippen LogP contribution in [0.1, 0.15) is 27.7 Å². The minimum atomic E-state index is -0.477. The summed E-state index contributed by atoms with van der Waals surface area (Å²) in [5.74, 6) is 2.79. The summed E-state index contributed by atoms with van der Waals surface area (Å²) in [6.07, 6.45) is 5.07. The van der Waals surface area contributed by atoms with Crippen LogP contribution in [0.25, 0.3) is 0 Å². The highest BCUT2D eigenvalue weighted by Gasteiger charge is 2.24. The highest BCUT2D eigenvalue weighted by Crippen LogP contribution is 2.33. The lowest BCUT2D eigenvalue weighted by atomic mass is 9.80. The van der Waals surface area contributed by atoms with Crippen LogP contribution in [0.5, 0.6) is 0 Å². The lowest BCUT2D eigenvalue weighted by molar-refractivity contribution is 0.394. The Morgan fingerprint density at radius 1 is 1.54 bits per heavy atom. The van der Waals surface area contributed by atoms with E-state index in [1.54, 1.807) is 0 Å². The summed E-state index contributed by atoms with van der Waals surface area (Å²) in [7, 11) is 0.468. The van der Waals surface area contributed by atoms with Crippen LogP contribution in [0, 0.1) is 12.0 Å². The van der Waals surface area contributed by atoms with E-state index in [9.17, 15) is 0 Å². The van der Waals surface area contributed by atoms with Crippen molar-refractivity contribution >= 4 is 17.0 Å². The van der Waals surface area contributed by atoms with Gasteiger partial charge < -0.3 is 4.43 Å². The fraction of sp³-hybridized carbons (Fsp3) is 0.600. The Kier molecular flexibility index (Phi) is 3.42. The van der Waals surface area contributed by atoms with Gasteiger partial charge in [-0.15, -0.1) is 5.98 Å². The molecule has 0 aromatic carbocycles. The molecule has 0 saturated heterocycles. The number of rotatable bonds is 4. The molecule has 13 heavy (non-hydrogen) atoms. The van der Waals surface area contributed by atoms with Gasteiger partial charge in [-0.05, 0) is 11.0 Å². The minimum absolute atomic E-state index is 0.386. The molecule has 0 spiro atoms. The highest BCUT2D eigenvalue weighted by molar-refractivity contribution is 6.52. The maximum Gasteiger partial charge on any atom is 0.227 e. The molecule has 1 nitrogen and oxygen atoms in total. The van der Waals surface area contributed by atoms with Crippen molar-refractivity contribution < 1.29 is 4.43 Å². The van der Waals surface area contributed by atoms with Gasteiger partial charge in [0.1, 0.15) is 0 Å². The van der Waals surface area contributed by atoms with E-state index in [2.05, 4.69) is 39.7 Å². The Morgan fingerprint density at radius 2 is 2.23 bits per heavy atom. The normalized spacial score (nSPS) is 16.8. The van der Waals surface area contributed by atoms with Crippen LogP contribution < -0.4 is 0 Å². The Labute approximate surface area is 84.4 Å². The molecule has 0 bridgehead atoms. The average Bonchev–Trinajstić information content (AvgIpc) is 2.52. The van der Waals surface area contributed by atoms with Crippen molar-refractivity contribution in [1.82, 2.24) is 0 Å². The third-order valence-electron chi connectivity index (χ3n) is 2.85. The maximum atomic E-state index is 5.81. The zero-order valence-electron chi connectivity index (χ0n) is 9.05. The van der Waals surface area contributed by atoms with E-state index in [1.807, 2.05) is 6.08 Å². The molecule has 0 aromatic heterocycles. The second-order valence-electron chi connectivity index (χ2n) is 4.61. The number of hydrogen-bond donors (Lipinski definition) is 0. The molecule has 1 radical (unpaired) electrons. The quantitative estimate of drug-likeness (QED) is 0.615. The highest BCUT2D eigenvalue weighted by atomic mass is 28.2. The van der Waals surface area contributed by atoms with Gasteiger partial charge in [-0.2, -0.15) is 0 Å². The maximum absolute atomic E-state index is 5.81. The van der Waals surface area contributed by atoms with Crippen molar-refractivity contribution in [1.29, 1.82) is 0 Å². The number of hydrogen-bond acceptors (Lipinski definition) is 1. The first kappa shape index (κ1) is 10.6. The van der Waals surface area contributed by atoms with E-state index >= 15 is 0 Å².